The average molecular weight is 792 g/mol. The summed E-state index contributed by atoms with van der Waals surface area (Å²) in [5, 5.41) is 17.8. The van der Waals surface area contributed by atoms with E-state index in [1.54, 1.807) is 20.8 Å². The average Bonchev–Trinajstić information content (AvgIpc) is 3.49. The van der Waals surface area contributed by atoms with Crippen LogP contribution in [0.2, 0.25) is 0 Å². The van der Waals surface area contributed by atoms with E-state index in [0.29, 0.717) is 25.8 Å². The van der Waals surface area contributed by atoms with Crippen LogP contribution >= 0.6 is 0 Å². The van der Waals surface area contributed by atoms with E-state index in [0.717, 1.165) is 41.5 Å². The van der Waals surface area contributed by atoms with Crippen LogP contribution in [0.4, 0.5) is 4.79 Å². The van der Waals surface area contributed by atoms with Crippen LogP contribution in [0.15, 0.2) is 48.5 Å². The molecule has 2 atom stereocenters. The van der Waals surface area contributed by atoms with Crippen LogP contribution in [0, 0.1) is 0 Å². The van der Waals surface area contributed by atoms with Crippen molar-refractivity contribution < 1.29 is 38.6 Å². The lowest BCUT2D eigenvalue weighted by atomic mass is 9.98. The largest absolute Gasteiger partial charge is 0.480 e. The van der Waals surface area contributed by atoms with E-state index in [4.69, 9.17) is 9.47 Å². The van der Waals surface area contributed by atoms with Gasteiger partial charge in [0.25, 0.3) is 0 Å². The highest BCUT2D eigenvalue weighted by atomic mass is 16.6. The molecule has 1 aliphatic carbocycles. The van der Waals surface area contributed by atoms with Crippen LogP contribution in [-0.4, -0.2) is 65.8 Å². The molecule has 4 N–H and O–H groups in total. The predicted molar refractivity (Wildman–Crippen MR) is 224 cm³/mol. The zero-order valence-corrected chi connectivity index (χ0v) is 35.0. The Kier molecular flexibility index (Phi) is 21.2. The summed E-state index contributed by atoms with van der Waals surface area (Å²) in [7, 11) is 0. The molecule has 0 aliphatic heterocycles. The summed E-state index contributed by atoms with van der Waals surface area (Å²) < 4.78 is 11.1. The van der Waals surface area contributed by atoms with Crippen LogP contribution in [0.3, 0.4) is 0 Å². The first kappa shape index (κ1) is 47.0. The van der Waals surface area contributed by atoms with Gasteiger partial charge in [-0.3, -0.25) is 9.59 Å². The summed E-state index contributed by atoms with van der Waals surface area (Å²) in [4.78, 5) is 63.0. The molecule has 0 spiro atoms. The number of amides is 3. The number of unbranched alkanes of at least 4 members (excludes halogenated alkanes) is 13. The first-order chi connectivity index (χ1) is 27.4. The highest BCUT2D eigenvalue weighted by Gasteiger charge is 2.30. The van der Waals surface area contributed by atoms with Crippen molar-refractivity contribution in [3.8, 4) is 11.1 Å². The number of alkyl carbamates (subject to hydrolysis) is 1. The Morgan fingerprint density at radius 3 is 1.74 bits per heavy atom. The summed E-state index contributed by atoms with van der Waals surface area (Å²) in [6.45, 7) is 7.88. The quantitative estimate of drug-likeness (QED) is 0.0490. The molecule has 0 heterocycles. The number of carbonyl (C=O) groups excluding carboxylic acids is 4. The molecule has 11 heteroatoms. The molecule has 0 unspecified atom stereocenters. The Bertz CT molecular complexity index is 1510. The number of rotatable bonds is 28. The number of hydrogen-bond acceptors (Lipinski definition) is 7. The molecule has 0 aromatic heterocycles. The molecule has 0 saturated heterocycles. The number of nitrogens with one attached hydrogen (secondary N) is 3. The number of esters is 1. The monoisotopic (exact) mass is 792 g/mol. The Morgan fingerprint density at radius 1 is 0.649 bits per heavy atom. The Labute approximate surface area is 340 Å². The van der Waals surface area contributed by atoms with Crippen molar-refractivity contribution in [3.63, 3.8) is 0 Å². The van der Waals surface area contributed by atoms with Gasteiger partial charge in [-0.15, -0.1) is 0 Å². The van der Waals surface area contributed by atoms with Crippen molar-refractivity contribution >= 4 is 29.8 Å². The maximum atomic E-state index is 12.9. The van der Waals surface area contributed by atoms with Crippen molar-refractivity contribution in [2.75, 3.05) is 13.2 Å². The minimum absolute atomic E-state index is 0.00399. The highest BCUT2D eigenvalue weighted by Crippen LogP contribution is 2.44. The van der Waals surface area contributed by atoms with Gasteiger partial charge in [0.15, 0.2) is 0 Å². The Morgan fingerprint density at radius 2 is 1.19 bits per heavy atom. The number of aliphatic carboxylic acids is 1. The summed E-state index contributed by atoms with van der Waals surface area (Å²) in [5.74, 6) is -2.40. The van der Waals surface area contributed by atoms with Crippen molar-refractivity contribution in [2.24, 2.45) is 0 Å². The Balaban J connectivity index is 1.31. The minimum atomic E-state index is -1.17. The van der Waals surface area contributed by atoms with Gasteiger partial charge in [-0.25, -0.2) is 14.4 Å². The van der Waals surface area contributed by atoms with Gasteiger partial charge in [-0.2, -0.15) is 0 Å². The molecular weight excluding hydrogens is 723 g/mol. The maximum absolute atomic E-state index is 12.9. The number of carboxylic acid groups (broad SMARTS) is 1. The molecule has 316 valence electrons. The van der Waals surface area contributed by atoms with Crippen LogP contribution in [0.5, 0.6) is 0 Å². The molecule has 57 heavy (non-hydrogen) atoms. The third-order valence-electron chi connectivity index (χ3n) is 10.4. The number of fused-ring (bicyclic) bond motifs is 3. The normalized spacial score (nSPS) is 13.2. The zero-order valence-electron chi connectivity index (χ0n) is 35.0. The summed E-state index contributed by atoms with van der Waals surface area (Å²) in [6.07, 6.45) is 16.5. The van der Waals surface area contributed by atoms with E-state index >= 15 is 0 Å². The molecule has 2 aromatic rings. The molecule has 11 nitrogen and oxygen atoms in total. The summed E-state index contributed by atoms with van der Waals surface area (Å²) >= 11 is 0. The van der Waals surface area contributed by atoms with Crippen LogP contribution in [0.25, 0.3) is 11.1 Å². The van der Waals surface area contributed by atoms with Gasteiger partial charge in [-0.05, 0) is 75.1 Å². The van der Waals surface area contributed by atoms with Gasteiger partial charge in [0.1, 0.15) is 24.3 Å². The number of carbonyl (C=O) groups is 5. The van der Waals surface area contributed by atoms with Crippen molar-refractivity contribution in [1.29, 1.82) is 0 Å². The van der Waals surface area contributed by atoms with E-state index in [1.165, 1.54) is 64.2 Å². The van der Waals surface area contributed by atoms with Gasteiger partial charge in [0.2, 0.25) is 11.8 Å². The van der Waals surface area contributed by atoms with Crippen LogP contribution < -0.4 is 16.0 Å². The summed E-state index contributed by atoms with van der Waals surface area (Å²) in [5.41, 5.74) is 3.58. The zero-order chi connectivity index (χ0) is 41.5. The topological polar surface area (TPSA) is 160 Å². The van der Waals surface area contributed by atoms with Crippen LogP contribution in [0.1, 0.15) is 167 Å². The first-order valence-corrected chi connectivity index (χ1v) is 21.5. The lowest BCUT2D eigenvalue weighted by Gasteiger charge is -2.24. The number of hydrogen-bond donors (Lipinski definition) is 4. The van der Waals surface area contributed by atoms with Gasteiger partial charge < -0.3 is 30.5 Å². The fraction of sp³-hybridized carbons (Fsp3) is 0.630. The molecule has 3 amide bonds. The van der Waals surface area contributed by atoms with Gasteiger partial charge in [-0.1, -0.05) is 133 Å². The van der Waals surface area contributed by atoms with Crippen molar-refractivity contribution in [1.82, 2.24) is 16.0 Å². The fourth-order valence-electron chi connectivity index (χ4n) is 7.30. The van der Waals surface area contributed by atoms with E-state index in [1.807, 2.05) is 48.5 Å². The second-order valence-electron chi connectivity index (χ2n) is 16.4. The molecule has 0 radical (unpaired) electrons. The van der Waals surface area contributed by atoms with Gasteiger partial charge >= 0.3 is 18.0 Å². The molecule has 1 aliphatic rings. The van der Waals surface area contributed by atoms with E-state index in [2.05, 4.69) is 22.9 Å². The molecule has 0 saturated carbocycles. The minimum Gasteiger partial charge on any atom is -0.480 e. The predicted octanol–water partition coefficient (Wildman–Crippen LogP) is 9.35. The lowest BCUT2D eigenvalue weighted by molar-refractivity contribution is -0.159. The van der Waals surface area contributed by atoms with Crippen molar-refractivity contribution in [2.45, 2.75) is 173 Å². The molecular formula is C46H69N3O8. The maximum Gasteiger partial charge on any atom is 0.407 e. The van der Waals surface area contributed by atoms with E-state index in [-0.39, 0.29) is 43.6 Å². The fourth-order valence-corrected chi connectivity index (χ4v) is 7.30. The second kappa shape index (κ2) is 25.8. The highest BCUT2D eigenvalue weighted by molar-refractivity contribution is 5.85. The number of benzene rings is 2. The van der Waals surface area contributed by atoms with Gasteiger partial charge in [0.05, 0.1) is 0 Å². The van der Waals surface area contributed by atoms with Gasteiger partial charge in [0, 0.05) is 25.3 Å². The Hall–Kier alpha value is -4.41. The second-order valence-corrected chi connectivity index (χ2v) is 16.4. The molecule has 3 rings (SSSR count). The SMILES string of the molecule is CCCCCCCCCCCCCCCC(=O)N[C@H](CCC(=O)NCCCC[C@@H](NC(=O)OCC1c2ccccc2-c2ccccc21)C(=O)O)C(=O)OC(C)(C)C. The number of carboxylic acids is 1. The van der Waals surface area contributed by atoms with E-state index < -0.39 is 35.7 Å². The molecule has 0 fully saturated rings. The smallest absolute Gasteiger partial charge is 0.407 e. The standard InChI is InChI=1S/C46H69N3O8/c1-5-6-7-8-9-10-11-12-13-14-15-16-17-29-42(51)48-40(44(54)57-46(2,3)4)30-31-41(50)47-32-23-22-28-39(43(52)53)49-45(55)56-33-38-36-26-20-18-24-34(36)35-25-19-21-27-37(35)38/h18-21,24-27,38-40H,5-17,22-23,28-33H2,1-4H3,(H,47,50)(H,48,51)(H,49,55)(H,52,53)/t39-,40-/m1/s1. The number of ether oxygens (including phenoxy) is 2. The molecule has 0 bridgehead atoms. The lowest BCUT2D eigenvalue weighted by Crippen LogP contribution is -2.44. The third kappa shape index (κ3) is 18.2. The molecule has 2 aromatic carbocycles. The summed E-state index contributed by atoms with van der Waals surface area (Å²) in [6, 6.07) is 13.9. The van der Waals surface area contributed by atoms with Crippen LogP contribution in [-0.2, 0) is 28.7 Å². The third-order valence-corrected chi connectivity index (χ3v) is 10.4. The first-order valence-electron chi connectivity index (χ1n) is 21.5. The van der Waals surface area contributed by atoms with Crippen molar-refractivity contribution in [3.05, 3.63) is 59.7 Å². The van der Waals surface area contributed by atoms with E-state index in [9.17, 15) is 29.1 Å².